The molecule has 7 nitrogen and oxygen atoms in total. The lowest BCUT2D eigenvalue weighted by molar-refractivity contribution is 0.121. The number of fused-ring (bicyclic) bond motifs is 1. The lowest BCUT2D eigenvalue weighted by Crippen LogP contribution is -2.56. The van der Waals surface area contributed by atoms with Crippen LogP contribution in [0.4, 0.5) is 0 Å². The molecule has 0 amide bonds. The molecule has 0 spiro atoms. The highest BCUT2D eigenvalue weighted by Gasteiger charge is 2.27. The van der Waals surface area contributed by atoms with E-state index >= 15 is 0 Å². The van der Waals surface area contributed by atoms with Gasteiger partial charge >= 0.3 is 0 Å². The van der Waals surface area contributed by atoms with Gasteiger partial charge in [0.1, 0.15) is 11.5 Å². The zero-order chi connectivity index (χ0) is 23.3. The highest BCUT2D eigenvalue weighted by Crippen LogP contribution is 2.38. The van der Waals surface area contributed by atoms with Crippen molar-refractivity contribution in [1.29, 1.82) is 0 Å². The fraction of sp³-hybridized carbons (Fsp3) is 0.440. The minimum absolute atomic E-state index is 0. The van der Waals surface area contributed by atoms with Crippen molar-refractivity contribution in [2.75, 3.05) is 34.4 Å². The third kappa shape index (κ3) is 4.79. The summed E-state index contributed by atoms with van der Waals surface area (Å²) in [5, 5.41) is 4.75. The van der Waals surface area contributed by atoms with Crippen LogP contribution >= 0.6 is 0 Å². The van der Waals surface area contributed by atoms with E-state index in [-0.39, 0.29) is 6.99 Å². The number of nitrogens with zero attached hydrogens (tertiary/aromatic N) is 3. The Morgan fingerprint density at radius 3 is 2.34 bits per heavy atom. The molecule has 1 N–H and O–H groups in total. The van der Waals surface area contributed by atoms with Gasteiger partial charge in [0.05, 0.1) is 25.2 Å². The first kappa shape index (κ1) is 23.8. The van der Waals surface area contributed by atoms with Crippen LogP contribution in [0.2, 0.25) is 0 Å². The summed E-state index contributed by atoms with van der Waals surface area (Å²) < 4.78 is 13.1. The monoisotopic (exact) mass is 440 g/mol. The number of ether oxygens (including phenoxy) is 2. The van der Waals surface area contributed by atoms with Gasteiger partial charge in [0.15, 0.2) is 0 Å². The largest absolute Gasteiger partial charge is 0.496 e. The third-order valence-electron chi connectivity index (χ3n) is 5.65. The molecule has 0 bridgehead atoms. The number of likely N-dealkylation sites (tertiary alicyclic amines) is 1. The van der Waals surface area contributed by atoms with Crippen LogP contribution in [-0.2, 0) is 13.6 Å². The second-order valence-electron chi connectivity index (χ2n) is 8.13. The van der Waals surface area contributed by atoms with E-state index in [2.05, 4.69) is 29.0 Å². The minimum atomic E-state index is -0.0655. The topological polar surface area (TPSA) is 68.6 Å². The van der Waals surface area contributed by atoms with Gasteiger partial charge in [-0.1, -0.05) is 20.3 Å². The van der Waals surface area contributed by atoms with E-state index in [1.54, 1.807) is 38.2 Å². The van der Waals surface area contributed by atoms with Crippen molar-refractivity contribution in [3.8, 4) is 22.6 Å². The predicted octanol–water partition coefficient (Wildman–Crippen LogP) is 3.68. The van der Waals surface area contributed by atoms with E-state index in [0.29, 0.717) is 11.4 Å². The maximum absolute atomic E-state index is 12.5. The van der Waals surface area contributed by atoms with Gasteiger partial charge in [-0.05, 0) is 36.2 Å². The molecule has 174 valence electrons. The number of aryl methyl sites for hydroxylation is 1. The second kappa shape index (κ2) is 10.6. The quantitative estimate of drug-likeness (QED) is 0.631. The summed E-state index contributed by atoms with van der Waals surface area (Å²) >= 11 is 0. The molecule has 1 aromatic carbocycles. The molecule has 7 heteroatoms. The van der Waals surface area contributed by atoms with Crippen molar-refractivity contribution in [1.82, 2.24) is 19.8 Å². The highest BCUT2D eigenvalue weighted by atomic mass is 16.5. The average molecular weight is 441 g/mol. The summed E-state index contributed by atoms with van der Waals surface area (Å²) in [5.74, 6) is 1.56. The first-order valence-electron chi connectivity index (χ1n) is 11.0. The van der Waals surface area contributed by atoms with Gasteiger partial charge in [0.2, 0.25) is 0 Å². The minimum Gasteiger partial charge on any atom is -0.496 e. The smallest absolute Gasteiger partial charge is 0.259 e. The van der Waals surface area contributed by atoms with Gasteiger partial charge in [0, 0.05) is 58.3 Å². The molecule has 1 saturated heterocycles. The van der Waals surface area contributed by atoms with Crippen LogP contribution in [-0.4, -0.2) is 54.8 Å². The molecule has 1 fully saturated rings. The van der Waals surface area contributed by atoms with Gasteiger partial charge in [-0.3, -0.25) is 14.7 Å². The van der Waals surface area contributed by atoms with Gasteiger partial charge < -0.3 is 19.4 Å². The molecule has 32 heavy (non-hydrogen) atoms. The van der Waals surface area contributed by atoms with Crippen LogP contribution in [0, 0.1) is 0 Å². The number of hydrogen-bond donors (Lipinski definition) is 1. The van der Waals surface area contributed by atoms with Crippen LogP contribution in [0.15, 0.2) is 41.6 Å². The van der Waals surface area contributed by atoms with Gasteiger partial charge in [0.25, 0.3) is 5.56 Å². The maximum atomic E-state index is 12.5. The average Bonchev–Trinajstić information content (AvgIpc) is 2.78. The van der Waals surface area contributed by atoms with Crippen molar-refractivity contribution >= 4 is 10.8 Å². The Kier molecular flexibility index (Phi) is 7.88. The number of rotatable bonds is 6. The van der Waals surface area contributed by atoms with E-state index in [1.165, 1.54) is 6.42 Å². The molecule has 0 radical (unpaired) electrons. The predicted molar refractivity (Wildman–Crippen MR) is 132 cm³/mol. The van der Waals surface area contributed by atoms with Crippen LogP contribution in [0.5, 0.6) is 11.5 Å². The van der Waals surface area contributed by atoms with Crippen molar-refractivity contribution in [2.24, 2.45) is 7.05 Å². The Morgan fingerprint density at radius 1 is 1.16 bits per heavy atom. The molecule has 0 saturated carbocycles. The maximum Gasteiger partial charge on any atom is 0.259 e. The third-order valence-corrected chi connectivity index (χ3v) is 5.65. The molecule has 0 unspecified atom stereocenters. The van der Waals surface area contributed by atoms with Crippen molar-refractivity contribution in [3.05, 3.63) is 52.7 Å². The SMILES string of the molecule is CCC.CNC1CN(Cc2c(OC)cc(-c3cn(C)c(=O)c4cnccc34)cc2OC)C1.[HH]. The lowest BCUT2D eigenvalue weighted by atomic mass is 9.98. The molecule has 4 rings (SSSR count). The number of methoxy groups -OCH3 is 2. The van der Waals surface area contributed by atoms with Crippen LogP contribution < -0.4 is 20.3 Å². The fourth-order valence-electron chi connectivity index (χ4n) is 3.94. The van der Waals surface area contributed by atoms with Gasteiger partial charge in [-0.15, -0.1) is 0 Å². The summed E-state index contributed by atoms with van der Waals surface area (Å²) in [6.45, 7) is 7.02. The van der Waals surface area contributed by atoms with E-state index in [0.717, 1.165) is 53.2 Å². The molecule has 1 aliphatic heterocycles. The summed E-state index contributed by atoms with van der Waals surface area (Å²) in [7, 11) is 7.10. The zero-order valence-electron chi connectivity index (χ0n) is 19.9. The second-order valence-corrected chi connectivity index (χ2v) is 8.13. The van der Waals surface area contributed by atoms with Crippen molar-refractivity contribution in [3.63, 3.8) is 0 Å². The fourth-order valence-corrected chi connectivity index (χ4v) is 3.94. The normalized spacial score (nSPS) is 13.9. The molecule has 1 aliphatic rings. The zero-order valence-corrected chi connectivity index (χ0v) is 19.9. The summed E-state index contributed by atoms with van der Waals surface area (Å²) in [4.78, 5) is 19.0. The number of aromatic nitrogens is 2. The van der Waals surface area contributed by atoms with E-state index in [4.69, 9.17) is 9.47 Å². The Hall–Kier alpha value is -2.90. The number of nitrogens with one attached hydrogen (secondary N) is 1. The van der Waals surface area contributed by atoms with Crippen LogP contribution in [0.25, 0.3) is 21.9 Å². The van der Waals surface area contributed by atoms with E-state index in [9.17, 15) is 4.79 Å². The Labute approximate surface area is 191 Å². The van der Waals surface area contributed by atoms with Crippen LogP contribution in [0.1, 0.15) is 27.3 Å². The van der Waals surface area contributed by atoms with Crippen LogP contribution in [0.3, 0.4) is 0 Å². The number of pyridine rings is 2. The molecule has 0 aliphatic carbocycles. The van der Waals surface area contributed by atoms with E-state index < -0.39 is 0 Å². The first-order valence-corrected chi connectivity index (χ1v) is 11.0. The molecular weight excluding hydrogens is 404 g/mol. The van der Waals surface area contributed by atoms with Gasteiger partial charge in [-0.2, -0.15) is 0 Å². The Balaban J connectivity index is 0.000000914. The molecule has 3 heterocycles. The lowest BCUT2D eigenvalue weighted by Gasteiger charge is -2.39. The first-order chi connectivity index (χ1) is 15.5. The molecule has 2 aromatic heterocycles. The van der Waals surface area contributed by atoms with Crippen molar-refractivity contribution in [2.45, 2.75) is 32.9 Å². The Bertz CT molecular complexity index is 1100. The number of likely N-dealkylation sites (N-methyl/N-ethyl adjacent to an activating group) is 1. The standard InChI is InChI=1S/C22H26N4O3.C3H8.H2/c1-23-15-10-26(11-15)13-19-20(28-3)7-14(8-21(19)29-4)18-12-25(2)22(27)17-9-24-6-5-16(17)18;1-3-2;/h5-9,12,15,23H,10-11,13H2,1-4H3;3H2,1-2H3;1H. The van der Waals surface area contributed by atoms with Gasteiger partial charge in [-0.25, -0.2) is 0 Å². The summed E-state index contributed by atoms with van der Waals surface area (Å²) in [5.41, 5.74) is 2.84. The molecular formula is C25H36N4O3. The highest BCUT2D eigenvalue weighted by molar-refractivity contribution is 5.95. The summed E-state index contributed by atoms with van der Waals surface area (Å²) in [6.07, 6.45) is 6.42. The summed E-state index contributed by atoms with van der Waals surface area (Å²) in [6, 6.07) is 6.45. The van der Waals surface area contributed by atoms with E-state index in [1.807, 2.05) is 31.4 Å². The molecule has 3 aromatic rings. The number of benzene rings is 1. The Morgan fingerprint density at radius 2 is 1.78 bits per heavy atom. The van der Waals surface area contributed by atoms with Crippen molar-refractivity contribution < 1.29 is 10.9 Å². The number of hydrogen-bond acceptors (Lipinski definition) is 6. The molecule has 0 atom stereocenters.